The van der Waals surface area contributed by atoms with Crippen molar-refractivity contribution in [3.8, 4) is 0 Å². The van der Waals surface area contributed by atoms with Gasteiger partial charge in [0.15, 0.2) is 0 Å². The van der Waals surface area contributed by atoms with Gasteiger partial charge in [0.25, 0.3) is 0 Å². The molecule has 7 heteroatoms. The molecule has 3 N–H and O–H groups in total. The molecule has 0 atom stereocenters. The Kier molecular flexibility index (Phi) is 4.42. The van der Waals surface area contributed by atoms with Crippen LogP contribution in [0.4, 0.5) is 5.69 Å². The third kappa shape index (κ3) is 3.68. The maximum absolute atomic E-state index is 12.3. The van der Waals surface area contributed by atoms with Crippen LogP contribution in [0.5, 0.6) is 0 Å². The fourth-order valence-electron chi connectivity index (χ4n) is 1.55. The third-order valence-corrected chi connectivity index (χ3v) is 4.64. The standard InChI is InChI=1S/C11H17BrN2O3S/c1-11(2,15)7-14(3)18(16,17)10-5-4-8(12)6-9(10)13/h4-6,15H,7,13H2,1-3H3. The van der Waals surface area contributed by atoms with E-state index in [1.807, 2.05) is 0 Å². The van der Waals surface area contributed by atoms with Gasteiger partial charge in [-0.15, -0.1) is 0 Å². The minimum Gasteiger partial charge on any atom is -0.398 e. The van der Waals surface area contributed by atoms with Crippen LogP contribution in [-0.4, -0.2) is 37.0 Å². The summed E-state index contributed by atoms with van der Waals surface area (Å²) in [5.74, 6) is 0. The molecule has 0 aliphatic rings. The summed E-state index contributed by atoms with van der Waals surface area (Å²) in [6, 6.07) is 4.58. The number of likely N-dealkylation sites (N-methyl/N-ethyl adjacent to an activating group) is 1. The van der Waals surface area contributed by atoms with Gasteiger partial charge in [-0.05, 0) is 32.0 Å². The Morgan fingerprint density at radius 2 is 2.00 bits per heavy atom. The maximum atomic E-state index is 12.3. The van der Waals surface area contributed by atoms with Gasteiger partial charge in [0, 0.05) is 18.1 Å². The molecule has 1 aromatic rings. The molecule has 0 aliphatic heterocycles. The van der Waals surface area contributed by atoms with Crippen LogP contribution in [0.25, 0.3) is 0 Å². The lowest BCUT2D eigenvalue weighted by molar-refractivity contribution is 0.0640. The van der Waals surface area contributed by atoms with Gasteiger partial charge in [-0.25, -0.2) is 8.42 Å². The highest BCUT2D eigenvalue weighted by molar-refractivity contribution is 9.10. The number of rotatable bonds is 4. The first kappa shape index (κ1) is 15.4. The minimum absolute atomic E-state index is 0.00909. The Balaban J connectivity index is 3.14. The zero-order valence-electron chi connectivity index (χ0n) is 10.5. The van der Waals surface area contributed by atoms with E-state index in [4.69, 9.17) is 5.73 Å². The highest BCUT2D eigenvalue weighted by atomic mass is 79.9. The number of anilines is 1. The van der Waals surface area contributed by atoms with Crippen molar-refractivity contribution in [2.45, 2.75) is 24.3 Å². The minimum atomic E-state index is -3.69. The number of benzene rings is 1. The second-order valence-corrected chi connectivity index (χ2v) is 7.68. The molecule has 18 heavy (non-hydrogen) atoms. The topological polar surface area (TPSA) is 83.6 Å². The van der Waals surface area contributed by atoms with Crippen molar-refractivity contribution in [2.75, 3.05) is 19.3 Å². The van der Waals surface area contributed by atoms with Crippen molar-refractivity contribution in [1.29, 1.82) is 0 Å². The van der Waals surface area contributed by atoms with Crippen LogP contribution in [0.1, 0.15) is 13.8 Å². The van der Waals surface area contributed by atoms with Crippen molar-refractivity contribution in [2.24, 2.45) is 0 Å². The largest absolute Gasteiger partial charge is 0.398 e. The van der Waals surface area contributed by atoms with Gasteiger partial charge in [0.05, 0.1) is 11.3 Å². The molecule has 1 aromatic carbocycles. The lowest BCUT2D eigenvalue weighted by Gasteiger charge is -2.25. The van der Waals surface area contributed by atoms with Gasteiger partial charge < -0.3 is 10.8 Å². The fraction of sp³-hybridized carbons (Fsp3) is 0.455. The van der Waals surface area contributed by atoms with Crippen molar-refractivity contribution in [3.63, 3.8) is 0 Å². The van der Waals surface area contributed by atoms with Gasteiger partial charge in [0.2, 0.25) is 10.0 Å². The smallest absolute Gasteiger partial charge is 0.244 e. The number of nitrogen functional groups attached to an aromatic ring is 1. The number of aliphatic hydroxyl groups is 1. The quantitative estimate of drug-likeness (QED) is 0.814. The number of sulfonamides is 1. The molecule has 5 nitrogen and oxygen atoms in total. The molecule has 0 spiro atoms. The van der Waals surface area contributed by atoms with E-state index in [-0.39, 0.29) is 17.1 Å². The van der Waals surface area contributed by atoms with Gasteiger partial charge in [-0.2, -0.15) is 4.31 Å². The average Bonchev–Trinajstić information content (AvgIpc) is 2.13. The van der Waals surface area contributed by atoms with Crippen LogP contribution in [-0.2, 0) is 10.0 Å². The van der Waals surface area contributed by atoms with Crippen LogP contribution in [0, 0.1) is 0 Å². The highest BCUT2D eigenvalue weighted by Gasteiger charge is 2.27. The Bertz CT molecular complexity index is 538. The molecule has 0 aliphatic carbocycles. The van der Waals surface area contributed by atoms with E-state index in [1.165, 1.54) is 19.2 Å². The zero-order valence-corrected chi connectivity index (χ0v) is 12.9. The zero-order chi connectivity index (χ0) is 14.1. The molecule has 1 rings (SSSR count). The van der Waals surface area contributed by atoms with Gasteiger partial charge in [0.1, 0.15) is 4.90 Å². The van der Waals surface area contributed by atoms with E-state index in [0.717, 1.165) is 4.31 Å². The fourth-order valence-corrected chi connectivity index (χ4v) is 3.35. The van der Waals surface area contributed by atoms with E-state index < -0.39 is 15.6 Å². The van der Waals surface area contributed by atoms with Crippen molar-refractivity contribution in [3.05, 3.63) is 22.7 Å². The normalized spacial score (nSPS) is 13.0. The van der Waals surface area contributed by atoms with Crippen LogP contribution in [0.2, 0.25) is 0 Å². The van der Waals surface area contributed by atoms with Crippen molar-refractivity contribution in [1.82, 2.24) is 4.31 Å². The van der Waals surface area contributed by atoms with Crippen LogP contribution < -0.4 is 5.73 Å². The SMILES string of the molecule is CN(CC(C)(C)O)S(=O)(=O)c1ccc(Br)cc1N. The number of hydrogen-bond donors (Lipinski definition) is 2. The Labute approximate surface area is 116 Å². The van der Waals surface area contributed by atoms with E-state index in [2.05, 4.69) is 15.9 Å². The Hall–Kier alpha value is -0.630. The molecule has 0 radical (unpaired) electrons. The molecule has 0 bridgehead atoms. The number of nitrogens with zero attached hydrogens (tertiary/aromatic N) is 1. The molecule has 0 saturated heterocycles. The molecule has 102 valence electrons. The summed E-state index contributed by atoms with van der Waals surface area (Å²) in [6.45, 7) is 3.08. The number of halogens is 1. The number of nitrogens with two attached hydrogens (primary N) is 1. The first-order chi connectivity index (χ1) is 8.04. The van der Waals surface area contributed by atoms with Crippen molar-refractivity contribution >= 4 is 31.6 Å². The summed E-state index contributed by atoms with van der Waals surface area (Å²) in [7, 11) is -2.28. The molecular formula is C11H17BrN2O3S. The molecule has 0 aromatic heterocycles. The molecule has 0 heterocycles. The third-order valence-electron chi connectivity index (χ3n) is 2.27. The van der Waals surface area contributed by atoms with Gasteiger partial charge in [-0.3, -0.25) is 0 Å². The van der Waals surface area contributed by atoms with E-state index in [1.54, 1.807) is 19.9 Å². The summed E-state index contributed by atoms with van der Waals surface area (Å²) in [5.41, 5.74) is 4.78. The van der Waals surface area contributed by atoms with E-state index in [0.29, 0.717) is 4.47 Å². The lowest BCUT2D eigenvalue weighted by atomic mass is 10.1. The van der Waals surface area contributed by atoms with Crippen LogP contribution in [0.15, 0.2) is 27.6 Å². The molecule has 0 unspecified atom stereocenters. The second-order valence-electron chi connectivity index (χ2n) is 4.76. The summed E-state index contributed by atoms with van der Waals surface area (Å²) >= 11 is 3.22. The highest BCUT2D eigenvalue weighted by Crippen LogP contribution is 2.25. The lowest BCUT2D eigenvalue weighted by Crippen LogP contribution is -2.39. The van der Waals surface area contributed by atoms with Crippen LogP contribution in [0.3, 0.4) is 0 Å². The molecule has 0 amide bonds. The number of hydrogen-bond acceptors (Lipinski definition) is 4. The molecule has 0 fully saturated rings. The first-order valence-electron chi connectivity index (χ1n) is 5.28. The Morgan fingerprint density at radius 3 is 2.44 bits per heavy atom. The van der Waals surface area contributed by atoms with Crippen molar-refractivity contribution < 1.29 is 13.5 Å². The Morgan fingerprint density at radius 1 is 1.44 bits per heavy atom. The molecular weight excluding hydrogens is 320 g/mol. The van der Waals surface area contributed by atoms with Gasteiger partial charge >= 0.3 is 0 Å². The van der Waals surface area contributed by atoms with E-state index in [9.17, 15) is 13.5 Å². The van der Waals surface area contributed by atoms with E-state index >= 15 is 0 Å². The average molecular weight is 337 g/mol. The second kappa shape index (κ2) is 5.16. The first-order valence-corrected chi connectivity index (χ1v) is 7.51. The maximum Gasteiger partial charge on any atom is 0.244 e. The molecule has 0 saturated carbocycles. The monoisotopic (exact) mass is 336 g/mol. The summed E-state index contributed by atoms with van der Waals surface area (Å²) in [5, 5.41) is 9.67. The predicted octanol–water partition coefficient (Wildman–Crippen LogP) is 1.42. The van der Waals surface area contributed by atoms with Crippen LogP contribution >= 0.6 is 15.9 Å². The summed E-state index contributed by atoms with van der Waals surface area (Å²) in [4.78, 5) is 0.0393. The summed E-state index contributed by atoms with van der Waals surface area (Å²) < 4.78 is 26.3. The predicted molar refractivity (Wildman–Crippen MR) is 74.7 cm³/mol. The van der Waals surface area contributed by atoms with Gasteiger partial charge in [-0.1, -0.05) is 15.9 Å². The summed E-state index contributed by atoms with van der Waals surface area (Å²) in [6.07, 6.45) is 0.